The van der Waals surface area contributed by atoms with E-state index in [9.17, 15) is 9.90 Å². The fourth-order valence-corrected chi connectivity index (χ4v) is 2.49. The second-order valence-corrected chi connectivity index (χ2v) is 6.66. The highest BCUT2D eigenvalue weighted by Crippen LogP contribution is 2.15. The van der Waals surface area contributed by atoms with Crippen LogP contribution >= 0.6 is 0 Å². The van der Waals surface area contributed by atoms with Crippen molar-refractivity contribution >= 4 is 5.78 Å². The van der Waals surface area contributed by atoms with Crippen LogP contribution < -0.4 is 10.1 Å². The van der Waals surface area contributed by atoms with Crippen LogP contribution in [0.15, 0.2) is 54.6 Å². The van der Waals surface area contributed by atoms with Crippen molar-refractivity contribution in [1.82, 2.24) is 5.32 Å². The van der Waals surface area contributed by atoms with Crippen molar-refractivity contribution in [2.45, 2.75) is 32.5 Å². The lowest BCUT2D eigenvalue weighted by Gasteiger charge is -2.14. The average molecular weight is 371 g/mol. The zero-order valence-corrected chi connectivity index (χ0v) is 16.1. The van der Waals surface area contributed by atoms with Gasteiger partial charge in [0.2, 0.25) is 0 Å². The van der Waals surface area contributed by atoms with Crippen molar-refractivity contribution in [2.75, 3.05) is 26.3 Å². The molecule has 0 amide bonds. The maximum Gasteiger partial charge on any atom is 0.193 e. The minimum absolute atomic E-state index is 0.0205. The van der Waals surface area contributed by atoms with E-state index < -0.39 is 6.10 Å². The van der Waals surface area contributed by atoms with Gasteiger partial charge >= 0.3 is 0 Å². The first-order chi connectivity index (χ1) is 13.1. The molecule has 0 bridgehead atoms. The van der Waals surface area contributed by atoms with E-state index in [0.717, 1.165) is 13.0 Å². The number of ketones is 1. The molecular formula is C22H29NO4. The number of nitrogens with one attached hydrogen (secondary N) is 1. The average Bonchev–Trinajstić information content (AvgIpc) is 2.69. The molecule has 2 rings (SSSR count). The summed E-state index contributed by atoms with van der Waals surface area (Å²) in [6, 6.07) is 16.1. The third-order valence-electron chi connectivity index (χ3n) is 3.92. The maximum atomic E-state index is 12.4. The number of hydrogen-bond donors (Lipinski definition) is 2. The number of hydrogen-bond acceptors (Lipinski definition) is 5. The molecule has 27 heavy (non-hydrogen) atoms. The second-order valence-electron chi connectivity index (χ2n) is 6.66. The summed E-state index contributed by atoms with van der Waals surface area (Å²) in [4.78, 5) is 12.4. The Kier molecular flexibility index (Phi) is 8.98. The molecular weight excluding hydrogens is 342 g/mol. The standard InChI is InChI=1S/C22H29NO4/c1-17(2)26-14-6-13-23-15-20(24)16-27-21-11-9-19(10-12-21)22(25)18-7-4-3-5-8-18/h3-5,7-12,17,20,23-24H,6,13-16H2,1-2H3/t20-/m1/s1. The summed E-state index contributed by atoms with van der Waals surface area (Å²) < 4.78 is 11.0. The monoisotopic (exact) mass is 371 g/mol. The normalized spacial score (nSPS) is 12.1. The van der Waals surface area contributed by atoms with Gasteiger partial charge in [-0.1, -0.05) is 30.3 Å². The van der Waals surface area contributed by atoms with Gasteiger partial charge in [0, 0.05) is 24.3 Å². The fourth-order valence-electron chi connectivity index (χ4n) is 2.49. The van der Waals surface area contributed by atoms with Crippen LogP contribution in [0.4, 0.5) is 0 Å². The molecule has 1 atom stereocenters. The van der Waals surface area contributed by atoms with E-state index in [1.807, 2.05) is 32.0 Å². The van der Waals surface area contributed by atoms with Crippen molar-refractivity contribution in [1.29, 1.82) is 0 Å². The van der Waals surface area contributed by atoms with Gasteiger partial charge in [-0.05, 0) is 51.1 Å². The molecule has 0 aliphatic carbocycles. The number of carbonyl (C=O) groups is 1. The van der Waals surface area contributed by atoms with Crippen LogP contribution in [0.25, 0.3) is 0 Å². The topological polar surface area (TPSA) is 67.8 Å². The molecule has 0 aliphatic rings. The van der Waals surface area contributed by atoms with Crippen LogP contribution in [0.3, 0.4) is 0 Å². The van der Waals surface area contributed by atoms with Crippen LogP contribution in [-0.2, 0) is 4.74 Å². The Bertz CT molecular complexity index is 670. The van der Waals surface area contributed by atoms with Crippen molar-refractivity contribution in [3.63, 3.8) is 0 Å². The van der Waals surface area contributed by atoms with Crippen LogP contribution in [0.5, 0.6) is 5.75 Å². The Labute approximate surface area is 161 Å². The Balaban J connectivity index is 1.68. The van der Waals surface area contributed by atoms with Gasteiger partial charge in [0.1, 0.15) is 18.5 Å². The van der Waals surface area contributed by atoms with Gasteiger partial charge in [-0.2, -0.15) is 0 Å². The minimum Gasteiger partial charge on any atom is -0.491 e. The molecule has 146 valence electrons. The van der Waals surface area contributed by atoms with Gasteiger partial charge < -0.3 is 19.9 Å². The van der Waals surface area contributed by atoms with Gasteiger partial charge in [0.05, 0.1) is 6.10 Å². The van der Waals surface area contributed by atoms with Crippen LogP contribution in [0, 0.1) is 0 Å². The lowest BCUT2D eigenvalue weighted by Crippen LogP contribution is -2.32. The molecule has 0 spiro atoms. The van der Waals surface area contributed by atoms with Gasteiger partial charge in [0.15, 0.2) is 5.78 Å². The van der Waals surface area contributed by atoms with Crippen LogP contribution in [0.1, 0.15) is 36.2 Å². The Hall–Kier alpha value is -2.21. The number of rotatable bonds is 12. The van der Waals surface area contributed by atoms with Crippen molar-refractivity contribution in [3.05, 3.63) is 65.7 Å². The highest BCUT2D eigenvalue weighted by Gasteiger charge is 2.09. The maximum absolute atomic E-state index is 12.4. The van der Waals surface area contributed by atoms with Gasteiger partial charge in [0.25, 0.3) is 0 Å². The van der Waals surface area contributed by atoms with E-state index in [-0.39, 0.29) is 18.5 Å². The van der Waals surface area contributed by atoms with Crippen molar-refractivity contribution < 1.29 is 19.4 Å². The van der Waals surface area contributed by atoms with E-state index in [1.54, 1.807) is 36.4 Å². The van der Waals surface area contributed by atoms with Crippen LogP contribution in [-0.4, -0.2) is 49.4 Å². The molecule has 2 aromatic rings. The molecule has 0 saturated heterocycles. The van der Waals surface area contributed by atoms with Crippen LogP contribution in [0.2, 0.25) is 0 Å². The molecule has 5 nitrogen and oxygen atoms in total. The molecule has 0 aliphatic heterocycles. The number of aliphatic hydroxyl groups is 1. The predicted molar refractivity (Wildman–Crippen MR) is 106 cm³/mol. The number of ether oxygens (including phenoxy) is 2. The first-order valence-corrected chi connectivity index (χ1v) is 9.39. The summed E-state index contributed by atoms with van der Waals surface area (Å²) in [5.41, 5.74) is 1.27. The Morgan fingerprint density at radius 2 is 1.70 bits per heavy atom. The lowest BCUT2D eigenvalue weighted by atomic mass is 10.0. The number of benzene rings is 2. The van der Waals surface area contributed by atoms with E-state index in [4.69, 9.17) is 9.47 Å². The molecule has 0 fully saturated rings. The molecule has 2 N–H and O–H groups in total. The zero-order valence-electron chi connectivity index (χ0n) is 16.1. The van der Waals surface area contributed by atoms with Crippen molar-refractivity contribution in [3.8, 4) is 5.75 Å². The third kappa shape index (κ3) is 7.91. The molecule has 0 heterocycles. The second kappa shape index (κ2) is 11.5. The summed E-state index contributed by atoms with van der Waals surface area (Å²) >= 11 is 0. The van der Waals surface area contributed by atoms with E-state index in [1.165, 1.54) is 0 Å². The van der Waals surface area contributed by atoms with E-state index >= 15 is 0 Å². The molecule has 0 unspecified atom stereocenters. The Morgan fingerprint density at radius 1 is 1.04 bits per heavy atom. The van der Waals surface area contributed by atoms with Gasteiger partial charge in [-0.25, -0.2) is 0 Å². The number of aliphatic hydroxyl groups excluding tert-OH is 1. The summed E-state index contributed by atoms with van der Waals surface area (Å²) in [7, 11) is 0. The minimum atomic E-state index is -0.596. The lowest BCUT2D eigenvalue weighted by molar-refractivity contribution is 0.0749. The molecule has 2 aromatic carbocycles. The Morgan fingerprint density at radius 3 is 2.37 bits per heavy atom. The predicted octanol–water partition coefficient (Wildman–Crippen LogP) is 3.06. The molecule has 0 saturated carbocycles. The van der Waals surface area contributed by atoms with E-state index in [2.05, 4.69) is 5.32 Å². The third-order valence-corrected chi connectivity index (χ3v) is 3.92. The van der Waals surface area contributed by atoms with Gasteiger partial charge in [-0.15, -0.1) is 0 Å². The van der Waals surface area contributed by atoms with E-state index in [0.29, 0.717) is 30.0 Å². The quantitative estimate of drug-likeness (QED) is 0.443. The molecule has 0 radical (unpaired) electrons. The SMILES string of the molecule is CC(C)OCCCNC[C@@H](O)COc1ccc(C(=O)c2ccccc2)cc1. The number of carbonyl (C=O) groups excluding carboxylic acids is 1. The zero-order chi connectivity index (χ0) is 19.5. The smallest absolute Gasteiger partial charge is 0.193 e. The molecule has 5 heteroatoms. The first kappa shape index (κ1) is 21.1. The fraction of sp³-hybridized carbons (Fsp3) is 0.409. The first-order valence-electron chi connectivity index (χ1n) is 9.39. The summed E-state index contributed by atoms with van der Waals surface area (Å²) in [5.74, 6) is 0.608. The summed E-state index contributed by atoms with van der Waals surface area (Å²) in [6.07, 6.45) is 0.558. The summed E-state index contributed by atoms with van der Waals surface area (Å²) in [6.45, 7) is 6.19. The highest BCUT2D eigenvalue weighted by atomic mass is 16.5. The van der Waals surface area contributed by atoms with Gasteiger partial charge in [-0.3, -0.25) is 4.79 Å². The highest BCUT2D eigenvalue weighted by molar-refractivity contribution is 6.08. The van der Waals surface area contributed by atoms with Crippen molar-refractivity contribution in [2.24, 2.45) is 0 Å². The largest absolute Gasteiger partial charge is 0.491 e. The molecule has 0 aromatic heterocycles. The summed E-state index contributed by atoms with van der Waals surface area (Å²) in [5, 5.41) is 13.2.